The zero-order valence-corrected chi connectivity index (χ0v) is 11.3. The Morgan fingerprint density at radius 2 is 2.39 bits per heavy atom. The van der Waals surface area contributed by atoms with E-state index in [-0.39, 0.29) is 11.8 Å². The molecule has 0 radical (unpaired) electrons. The molecule has 0 bridgehead atoms. The Kier molecular flexibility index (Phi) is 3.61. The monoisotopic (exact) mass is 265 g/mol. The molecule has 0 spiro atoms. The number of hydrogen-bond donors (Lipinski definition) is 2. The molecule has 1 amide bonds. The lowest BCUT2D eigenvalue weighted by Gasteiger charge is -2.21. The minimum absolute atomic E-state index is 0.140. The second-order valence-electron chi connectivity index (χ2n) is 5.20. The van der Waals surface area contributed by atoms with Gasteiger partial charge in [-0.15, -0.1) is 11.3 Å². The fraction of sp³-hybridized carbons (Fsp3) is 0.692. The highest BCUT2D eigenvalue weighted by molar-refractivity contribution is 7.09. The molecule has 1 atom stereocenters. The van der Waals surface area contributed by atoms with Crippen molar-refractivity contribution in [2.75, 3.05) is 13.1 Å². The van der Waals surface area contributed by atoms with Crippen LogP contribution < -0.4 is 10.6 Å². The molecule has 2 N–H and O–H groups in total. The van der Waals surface area contributed by atoms with E-state index in [0.29, 0.717) is 12.5 Å². The fourth-order valence-corrected chi connectivity index (χ4v) is 3.17. The van der Waals surface area contributed by atoms with Crippen LogP contribution >= 0.6 is 11.3 Å². The van der Waals surface area contributed by atoms with Crippen LogP contribution in [0, 0.1) is 5.92 Å². The Labute approximate surface area is 111 Å². The summed E-state index contributed by atoms with van der Waals surface area (Å²) in [6.07, 6.45) is 4.66. The number of nitrogens with one attached hydrogen (secondary N) is 2. The van der Waals surface area contributed by atoms with Crippen molar-refractivity contribution in [3.8, 4) is 0 Å². The summed E-state index contributed by atoms with van der Waals surface area (Å²) >= 11 is 1.67. The maximum atomic E-state index is 12.0. The number of aromatic nitrogens is 1. The van der Waals surface area contributed by atoms with Crippen molar-refractivity contribution in [1.82, 2.24) is 15.6 Å². The first-order valence-corrected chi connectivity index (χ1v) is 7.63. The molecule has 0 aromatic carbocycles. The van der Waals surface area contributed by atoms with Gasteiger partial charge in [0.05, 0.1) is 18.2 Å². The highest BCUT2D eigenvalue weighted by Gasteiger charge is 2.26. The number of piperidine rings is 1. The van der Waals surface area contributed by atoms with Gasteiger partial charge >= 0.3 is 0 Å². The molecule has 1 aromatic heterocycles. The molecule has 2 fully saturated rings. The Hall–Kier alpha value is -0.940. The van der Waals surface area contributed by atoms with Crippen LogP contribution in [0.1, 0.15) is 42.3 Å². The number of amides is 1. The Bertz CT molecular complexity index is 422. The van der Waals surface area contributed by atoms with Crippen LogP contribution in [0.15, 0.2) is 5.38 Å². The largest absolute Gasteiger partial charge is 0.349 e. The van der Waals surface area contributed by atoms with E-state index < -0.39 is 0 Å². The van der Waals surface area contributed by atoms with Crippen molar-refractivity contribution in [3.63, 3.8) is 0 Å². The van der Waals surface area contributed by atoms with Gasteiger partial charge in [-0.3, -0.25) is 4.79 Å². The second kappa shape index (κ2) is 5.36. The molecule has 4 nitrogen and oxygen atoms in total. The fourth-order valence-electron chi connectivity index (χ4n) is 2.36. The summed E-state index contributed by atoms with van der Waals surface area (Å²) in [6, 6.07) is 0. The molecule has 2 aliphatic rings. The van der Waals surface area contributed by atoms with E-state index in [2.05, 4.69) is 21.0 Å². The van der Waals surface area contributed by atoms with Gasteiger partial charge in [0.1, 0.15) is 5.01 Å². The maximum Gasteiger partial charge on any atom is 0.224 e. The van der Waals surface area contributed by atoms with E-state index in [1.807, 2.05) is 0 Å². The van der Waals surface area contributed by atoms with Crippen molar-refractivity contribution in [3.05, 3.63) is 16.1 Å². The summed E-state index contributed by atoms with van der Waals surface area (Å²) in [6.45, 7) is 2.45. The van der Waals surface area contributed by atoms with Crippen LogP contribution in [0.3, 0.4) is 0 Å². The van der Waals surface area contributed by atoms with E-state index in [1.54, 1.807) is 11.3 Å². The molecule has 1 aliphatic carbocycles. The van der Waals surface area contributed by atoms with E-state index in [0.717, 1.165) is 30.9 Å². The van der Waals surface area contributed by atoms with Crippen LogP contribution in [-0.4, -0.2) is 24.0 Å². The summed E-state index contributed by atoms with van der Waals surface area (Å²) < 4.78 is 0. The second-order valence-corrected chi connectivity index (χ2v) is 6.14. The SMILES string of the molecule is O=C(NCc1nc(C2CC2)cs1)C1CCCNC1. The Morgan fingerprint density at radius 1 is 1.50 bits per heavy atom. The van der Waals surface area contributed by atoms with Crippen LogP contribution in [0.5, 0.6) is 0 Å². The zero-order chi connectivity index (χ0) is 12.4. The molecule has 1 saturated carbocycles. The quantitative estimate of drug-likeness (QED) is 0.870. The lowest BCUT2D eigenvalue weighted by atomic mass is 9.99. The number of thiazole rings is 1. The minimum atomic E-state index is 0.140. The standard InChI is InChI=1S/C13H19N3OS/c17-13(10-2-1-5-14-6-10)15-7-12-16-11(8-18-12)9-3-4-9/h8-10,14H,1-7H2,(H,15,17). The van der Waals surface area contributed by atoms with Gasteiger partial charge in [-0.1, -0.05) is 0 Å². The molecule has 1 saturated heterocycles. The first-order chi connectivity index (χ1) is 8.83. The average Bonchev–Trinajstić information content (AvgIpc) is 3.16. The Balaban J connectivity index is 1.48. The molecular weight excluding hydrogens is 246 g/mol. The molecular formula is C13H19N3OS. The maximum absolute atomic E-state index is 12.0. The molecule has 18 heavy (non-hydrogen) atoms. The summed E-state index contributed by atoms with van der Waals surface area (Å²) in [4.78, 5) is 16.5. The zero-order valence-electron chi connectivity index (χ0n) is 10.4. The van der Waals surface area contributed by atoms with Crippen LogP contribution in [0.2, 0.25) is 0 Å². The van der Waals surface area contributed by atoms with Crippen molar-refractivity contribution in [1.29, 1.82) is 0 Å². The van der Waals surface area contributed by atoms with Crippen LogP contribution in [-0.2, 0) is 11.3 Å². The third kappa shape index (κ3) is 2.90. The van der Waals surface area contributed by atoms with Crippen molar-refractivity contribution >= 4 is 17.2 Å². The lowest BCUT2D eigenvalue weighted by Crippen LogP contribution is -2.40. The average molecular weight is 265 g/mol. The third-order valence-corrected chi connectivity index (χ3v) is 4.51. The molecule has 1 aliphatic heterocycles. The van der Waals surface area contributed by atoms with Gasteiger partial charge in [0.15, 0.2) is 0 Å². The van der Waals surface area contributed by atoms with Gasteiger partial charge in [0, 0.05) is 17.8 Å². The van der Waals surface area contributed by atoms with Gasteiger partial charge < -0.3 is 10.6 Å². The molecule has 3 rings (SSSR count). The molecule has 98 valence electrons. The number of rotatable bonds is 4. The molecule has 1 aromatic rings. The number of carbonyl (C=O) groups is 1. The predicted molar refractivity (Wildman–Crippen MR) is 71.5 cm³/mol. The predicted octanol–water partition coefficient (Wildman–Crippen LogP) is 1.64. The number of nitrogens with zero attached hydrogens (tertiary/aromatic N) is 1. The van der Waals surface area contributed by atoms with Crippen LogP contribution in [0.25, 0.3) is 0 Å². The first-order valence-electron chi connectivity index (χ1n) is 6.75. The van der Waals surface area contributed by atoms with Crippen molar-refractivity contribution in [2.24, 2.45) is 5.92 Å². The topological polar surface area (TPSA) is 54.0 Å². The molecule has 1 unspecified atom stereocenters. The Morgan fingerprint density at radius 3 is 3.11 bits per heavy atom. The van der Waals surface area contributed by atoms with Gasteiger partial charge in [-0.25, -0.2) is 4.98 Å². The summed E-state index contributed by atoms with van der Waals surface area (Å²) in [5, 5.41) is 9.45. The van der Waals surface area contributed by atoms with Crippen molar-refractivity contribution in [2.45, 2.75) is 38.1 Å². The van der Waals surface area contributed by atoms with E-state index in [1.165, 1.54) is 18.5 Å². The minimum Gasteiger partial charge on any atom is -0.349 e. The smallest absolute Gasteiger partial charge is 0.224 e. The number of hydrogen-bond acceptors (Lipinski definition) is 4. The van der Waals surface area contributed by atoms with E-state index >= 15 is 0 Å². The number of carbonyl (C=O) groups excluding carboxylic acids is 1. The summed E-state index contributed by atoms with van der Waals surface area (Å²) in [7, 11) is 0. The van der Waals surface area contributed by atoms with Gasteiger partial charge in [-0.2, -0.15) is 0 Å². The summed E-state index contributed by atoms with van der Waals surface area (Å²) in [5.74, 6) is 1.01. The normalized spacial score (nSPS) is 23.9. The highest BCUT2D eigenvalue weighted by atomic mass is 32.1. The third-order valence-electron chi connectivity index (χ3n) is 3.65. The van der Waals surface area contributed by atoms with Gasteiger partial charge in [0.25, 0.3) is 0 Å². The highest BCUT2D eigenvalue weighted by Crippen LogP contribution is 2.40. The lowest BCUT2D eigenvalue weighted by molar-refractivity contribution is -0.125. The van der Waals surface area contributed by atoms with E-state index in [9.17, 15) is 4.79 Å². The summed E-state index contributed by atoms with van der Waals surface area (Å²) in [5.41, 5.74) is 1.23. The van der Waals surface area contributed by atoms with Gasteiger partial charge in [-0.05, 0) is 32.2 Å². The molecule has 5 heteroatoms. The van der Waals surface area contributed by atoms with E-state index in [4.69, 9.17) is 0 Å². The van der Waals surface area contributed by atoms with Crippen molar-refractivity contribution < 1.29 is 4.79 Å². The van der Waals surface area contributed by atoms with Gasteiger partial charge in [0.2, 0.25) is 5.91 Å². The first kappa shape index (κ1) is 12.1. The van der Waals surface area contributed by atoms with Crippen LogP contribution in [0.4, 0.5) is 0 Å². The molecule has 2 heterocycles.